The van der Waals surface area contributed by atoms with Crippen molar-refractivity contribution in [1.29, 1.82) is 0 Å². The summed E-state index contributed by atoms with van der Waals surface area (Å²) >= 11 is 0. The van der Waals surface area contributed by atoms with Crippen LogP contribution in [-0.2, 0) is 4.74 Å². The molecule has 0 unspecified atom stereocenters. The number of pyridine rings is 1. The summed E-state index contributed by atoms with van der Waals surface area (Å²) in [6.45, 7) is 3.77. The van der Waals surface area contributed by atoms with Crippen LogP contribution >= 0.6 is 0 Å². The van der Waals surface area contributed by atoms with Gasteiger partial charge in [-0.1, -0.05) is 6.07 Å². The minimum absolute atomic E-state index is 0.370. The lowest BCUT2D eigenvalue weighted by molar-refractivity contribution is 0.0593. The van der Waals surface area contributed by atoms with E-state index < -0.39 is 5.97 Å². The van der Waals surface area contributed by atoms with Crippen molar-refractivity contribution in [2.45, 2.75) is 13.8 Å². The summed E-state index contributed by atoms with van der Waals surface area (Å²) in [5.74, 6) is -0.409. The van der Waals surface area contributed by atoms with E-state index in [1.165, 1.54) is 7.11 Å². The minimum atomic E-state index is -0.409. The van der Waals surface area contributed by atoms with E-state index in [4.69, 9.17) is 4.74 Å². The molecular weight excluding hydrogens is 266 g/mol. The fourth-order valence-electron chi connectivity index (χ4n) is 2.46. The predicted molar refractivity (Wildman–Crippen MR) is 79.7 cm³/mol. The average molecular weight is 281 g/mol. The zero-order valence-electron chi connectivity index (χ0n) is 12.1. The molecule has 3 aromatic rings. The molecule has 0 saturated carbocycles. The van der Waals surface area contributed by atoms with Gasteiger partial charge in [-0.3, -0.25) is 0 Å². The molecule has 21 heavy (non-hydrogen) atoms. The van der Waals surface area contributed by atoms with Crippen LogP contribution in [0.4, 0.5) is 0 Å². The van der Waals surface area contributed by atoms with Crippen molar-refractivity contribution >= 4 is 16.7 Å². The maximum atomic E-state index is 11.8. The predicted octanol–water partition coefficient (Wildman–Crippen LogP) is 2.82. The molecule has 106 valence electrons. The highest BCUT2D eigenvalue weighted by Crippen LogP contribution is 2.26. The standard InChI is InChI=1S/C16H15N3O2/c1-10-13-6-5-12(19-8-4-7-17-19)9-14(13)11(2)18-15(10)16(20)21-3/h4-9H,1-3H3. The van der Waals surface area contributed by atoms with E-state index in [0.717, 1.165) is 27.7 Å². The molecule has 1 aromatic carbocycles. The molecule has 0 atom stereocenters. The van der Waals surface area contributed by atoms with Gasteiger partial charge in [0, 0.05) is 23.5 Å². The largest absolute Gasteiger partial charge is 0.464 e. The number of hydrogen-bond acceptors (Lipinski definition) is 4. The molecule has 0 amide bonds. The summed E-state index contributed by atoms with van der Waals surface area (Å²) in [5, 5.41) is 6.23. The molecule has 5 nitrogen and oxygen atoms in total. The summed E-state index contributed by atoms with van der Waals surface area (Å²) in [6, 6.07) is 7.87. The summed E-state index contributed by atoms with van der Waals surface area (Å²) in [7, 11) is 1.36. The van der Waals surface area contributed by atoms with Crippen LogP contribution < -0.4 is 0 Å². The van der Waals surface area contributed by atoms with Gasteiger partial charge in [0.2, 0.25) is 0 Å². The molecule has 0 radical (unpaired) electrons. The molecule has 0 aliphatic carbocycles. The Labute approximate surface area is 122 Å². The summed E-state index contributed by atoms with van der Waals surface area (Å²) in [6.07, 6.45) is 3.63. The number of aryl methyl sites for hydroxylation is 2. The Hall–Kier alpha value is -2.69. The molecule has 0 bridgehead atoms. The number of aromatic nitrogens is 3. The first-order valence-electron chi connectivity index (χ1n) is 6.61. The van der Waals surface area contributed by atoms with Crippen LogP contribution in [0.15, 0.2) is 36.7 Å². The first kappa shape index (κ1) is 13.3. The summed E-state index contributed by atoms with van der Waals surface area (Å²) < 4.78 is 6.58. The zero-order chi connectivity index (χ0) is 15.0. The van der Waals surface area contributed by atoms with Crippen molar-refractivity contribution in [2.75, 3.05) is 7.11 Å². The third-order valence-corrected chi connectivity index (χ3v) is 3.58. The Morgan fingerprint density at radius 3 is 2.71 bits per heavy atom. The second kappa shape index (κ2) is 5.01. The van der Waals surface area contributed by atoms with Gasteiger partial charge in [-0.15, -0.1) is 0 Å². The number of fused-ring (bicyclic) bond motifs is 1. The van der Waals surface area contributed by atoms with Gasteiger partial charge in [0.25, 0.3) is 0 Å². The highest BCUT2D eigenvalue weighted by molar-refractivity contribution is 5.98. The van der Waals surface area contributed by atoms with Gasteiger partial charge in [-0.25, -0.2) is 14.5 Å². The lowest BCUT2D eigenvalue weighted by Gasteiger charge is -2.11. The van der Waals surface area contributed by atoms with Gasteiger partial charge in [-0.2, -0.15) is 5.10 Å². The van der Waals surface area contributed by atoms with Crippen LogP contribution in [0.25, 0.3) is 16.5 Å². The number of carbonyl (C=O) groups is 1. The second-order valence-electron chi connectivity index (χ2n) is 4.84. The normalized spacial score (nSPS) is 10.8. The fraction of sp³-hybridized carbons (Fsp3) is 0.188. The number of esters is 1. The van der Waals surface area contributed by atoms with Gasteiger partial charge >= 0.3 is 5.97 Å². The quantitative estimate of drug-likeness (QED) is 0.678. The molecule has 2 aromatic heterocycles. The second-order valence-corrected chi connectivity index (χ2v) is 4.84. The molecule has 0 spiro atoms. The SMILES string of the molecule is COC(=O)c1nc(C)c2cc(-n3cccn3)ccc2c1C. The van der Waals surface area contributed by atoms with Crippen molar-refractivity contribution in [2.24, 2.45) is 0 Å². The van der Waals surface area contributed by atoms with E-state index >= 15 is 0 Å². The molecule has 0 fully saturated rings. The number of carbonyl (C=O) groups excluding carboxylic acids is 1. The van der Waals surface area contributed by atoms with Crippen LogP contribution in [0.3, 0.4) is 0 Å². The number of methoxy groups -OCH3 is 1. The molecule has 0 aliphatic heterocycles. The van der Waals surface area contributed by atoms with Gasteiger partial charge in [0.1, 0.15) is 0 Å². The topological polar surface area (TPSA) is 57.0 Å². The number of benzene rings is 1. The lowest BCUT2D eigenvalue weighted by atomic mass is 10.0. The van der Waals surface area contributed by atoms with E-state index in [1.807, 2.05) is 44.3 Å². The van der Waals surface area contributed by atoms with Crippen LogP contribution in [0.5, 0.6) is 0 Å². The van der Waals surface area contributed by atoms with Crippen molar-refractivity contribution in [3.63, 3.8) is 0 Å². The monoisotopic (exact) mass is 281 g/mol. The van der Waals surface area contributed by atoms with Gasteiger partial charge in [0.15, 0.2) is 5.69 Å². The highest BCUT2D eigenvalue weighted by atomic mass is 16.5. The first-order valence-corrected chi connectivity index (χ1v) is 6.61. The Bertz CT molecular complexity index is 823. The summed E-state index contributed by atoms with van der Waals surface area (Å²) in [4.78, 5) is 16.2. The zero-order valence-corrected chi connectivity index (χ0v) is 12.1. The van der Waals surface area contributed by atoms with Crippen LogP contribution in [-0.4, -0.2) is 27.8 Å². The fourth-order valence-corrected chi connectivity index (χ4v) is 2.46. The molecule has 0 N–H and O–H groups in total. The Morgan fingerprint density at radius 2 is 2.05 bits per heavy atom. The van der Waals surface area contributed by atoms with E-state index in [2.05, 4.69) is 10.1 Å². The van der Waals surface area contributed by atoms with Gasteiger partial charge in [0.05, 0.1) is 12.8 Å². The smallest absolute Gasteiger partial charge is 0.356 e. The van der Waals surface area contributed by atoms with E-state index in [0.29, 0.717) is 5.69 Å². The number of ether oxygens (including phenoxy) is 1. The number of nitrogens with zero attached hydrogens (tertiary/aromatic N) is 3. The minimum Gasteiger partial charge on any atom is -0.464 e. The molecular formula is C16H15N3O2. The van der Waals surface area contributed by atoms with Crippen LogP contribution in [0, 0.1) is 13.8 Å². The van der Waals surface area contributed by atoms with Gasteiger partial charge < -0.3 is 4.74 Å². The van der Waals surface area contributed by atoms with Gasteiger partial charge in [-0.05, 0) is 43.0 Å². The Kier molecular flexibility index (Phi) is 3.17. The van der Waals surface area contributed by atoms with Crippen molar-refractivity contribution in [1.82, 2.24) is 14.8 Å². The van der Waals surface area contributed by atoms with Crippen LogP contribution in [0.1, 0.15) is 21.7 Å². The average Bonchev–Trinajstić information content (AvgIpc) is 3.04. The van der Waals surface area contributed by atoms with Crippen molar-refractivity contribution in [3.05, 3.63) is 53.6 Å². The van der Waals surface area contributed by atoms with E-state index in [9.17, 15) is 4.79 Å². The first-order chi connectivity index (χ1) is 10.1. The van der Waals surface area contributed by atoms with E-state index in [-0.39, 0.29) is 0 Å². The molecule has 0 saturated heterocycles. The molecule has 3 rings (SSSR count). The molecule has 2 heterocycles. The van der Waals surface area contributed by atoms with Crippen LogP contribution in [0.2, 0.25) is 0 Å². The third-order valence-electron chi connectivity index (χ3n) is 3.58. The van der Waals surface area contributed by atoms with Crippen molar-refractivity contribution in [3.8, 4) is 5.69 Å². The van der Waals surface area contributed by atoms with Crippen molar-refractivity contribution < 1.29 is 9.53 Å². The Morgan fingerprint density at radius 1 is 1.24 bits per heavy atom. The maximum Gasteiger partial charge on any atom is 0.356 e. The third kappa shape index (κ3) is 2.16. The molecule has 5 heteroatoms. The van der Waals surface area contributed by atoms with E-state index in [1.54, 1.807) is 10.9 Å². The highest BCUT2D eigenvalue weighted by Gasteiger charge is 2.16. The lowest BCUT2D eigenvalue weighted by Crippen LogP contribution is -2.09. The number of rotatable bonds is 2. The summed E-state index contributed by atoms with van der Waals surface area (Å²) in [5.41, 5.74) is 2.96. The molecule has 0 aliphatic rings. The maximum absolute atomic E-state index is 11.8. The number of hydrogen-bond donors (Lipinski definition) is 0. The Balaban J connectivity index is 2.24.